The van der Waals surface area contributed by atoms with Crippen molar-refractivity contribution < 1.29 is 4.79 Å². The molecule has 4 nitrogen and oxygen atoms in total. The van der Waals surface area contributed by atoms with Gasteiger partial charge in [-0.25, -0.2) is 0 Å². The third kappa shape index (κ3) is 5.85. The summed E-state index contributed by atoms with van der Waals surface area (Å²) in [7, 11) is 4.02. The number of benzene rings is 1. The first kappa shape index (κ1) is 15.7. The summed E-state index contributed by atoms with van der Waals surface area (Å²) in [5, 5.41) is 2.96. The van der Waals surface area contributed by atoms with Crippen molar-refractivity contribution in [3.05, 3.63) is 35.9 Å². The summed E-state index contributed by atoms with van der Waals surface area (Å²) >= 11 is 0. The van der Waals surface area contributed by atoms with Gasteiger partial charge in [-0.1, -0.05) is 30.3 Å². The summed E-state index contributed by atoms with van der Waals surface area (Å²) < 4.78 is 0. The summed E-state index contributed by atoms with van der Waals surface area (Å²) in [5.74, 6) is -0.00437. The normalized spacial score (nSPS) is 13.4. The zero-order valence-electron chi connectivity index (χ0n) is 12.3. The van der Waals surface area contributed by atoms with Crippen molar-refractivity contribution in [2.24, 2.45) is 5.73 Å². The van der Waals surface area contributed by atoms with E-state index in [-0.39, 0.29) is 11.9 Å². The molecule has 0 saturated carbocycles. The highest BCUT2D eigenvalue weighted by Gasteiger charge is 2.19. The second-order valence-electron chi connectivity index (χ2n) is 5.86. The number of amides is 1. The third-order valence-electron chi connectivity index (χ3n) is 2.92. The summed E-state index contributed by atoms with van der Waals surface area (Å²) in [6.45, 7) is 4.30. The number of hydrogen-bond donors (Lipinski definition) is 2. The Labute approximate surface area is 116 Å². The van der Waals surface area contributed by atoms with E-state index in [4.69, 9.17) is 5.73 Å². The Morgan fingerprint density at radius 2 is 1.89 bits per heavy atom. The first-order valence-electron chi connectivity index (χ1n) is 6.56. The van der Waals surface area contributed by atoms with Gasteiger partial charge in [0, 0.05) is 18.5 Å². The fourth-order valence-corrected chi connectivity index (χ4v) is 1.96. The summed E-state index contributed by atoms with van der Waals surface area (Å²) in [4.78, 5) is 13.9. The summed E-state index contributed by atoms with van der Waals surface area (Å²) in [6.07, 6.45) is 0.335. The average molecular weight is 263 g/mol. The Bertz CT molecular complexity index is 396. The van der Waals surface area contributed by atoms with Crippen molar-refractivity contribution >= 4 is 5.91 Å². The number of rotatable bonds is 6. The molecular weight excluding hydrogens is 238 g/mol. The molecule has 19 heavy (non-hydrogen) atoms. The van der Waals surface area contributed by atoms with E-state index in [2.05, 4.69) is 22.3 Å². The zero-order chi connectivity index (χ0) is 14.5. The molecule has 3 N–H and O–H groups in total. The summed E-state index contributed by atoms with van der Waals surface area (Å²) in [6, 6.07) is 10.3. The highest BCUT2D eigenvalue weighted by atomic mass is 16.1. The maximum Gasteiger partial charge on any atom is 0.221 e. The standard InChI is InChI=1S/C15H25N3O/c1-15(2,16)10-14(19)17-11-13(18(3)4)12-8-6-5-7-9-12/h5-9,13H,10-11,16H2,1-4H3,(H,17,19). The highest BCUT2D eigenvalue weighted by Crippen LogP contribution is 2.16. The van der Waals surface area contributed by atoms with Gasteiger partial charge in [-0.3, -0.25) is 4.79 Å². The number of nitrogens with zero attached hydrogens (tertiary/aromatic N) is 1. The van der Waals surface area contributed by atoms with Gasteiger partial charge in [0.05, 0.1) is 6.04 Å². The van der Waals surface area contributed by atoms with E-state index in [1.165, 1.54) is 5.56 Å². The molecule has 1 atom stereocenters. The van der Waals surface area contributed by atoms with Crippen molar-refractivity contribution in [1.82, 2.24) is 10.2 Å². The second-order valence-corrected chi connectivity index (χ2v) is 5.86. The molecule has 4 heteroatoms. The Morgan fingerprint density at radius 1 is 1.32 bits per heavy atom. The van der Waals surface area contributed by atoms with Gasteiger partial charge in [0.1, 0.15) is 0 Å². The molecule has 1 aromatic rings. The topological polar surface area (TPSA) is 58.4 Å². The number of carbonyl (C=O) groups excluding carboxylic acids is 1. The van der Waals surface area contributed by atoms with Crippen molar-refractivity contribution in [3.8, 4) is 0 Å². The van der Waals surface area contributed by atoms with Crippen molar-refractivity contribution in [2.75, 3.05) is 20.6 Å². The van der Waals surface area contributed by atoms with E-state index in [1.807, 2.05) is 46.1 Å². The minimum atomic E-state index is -0.468. The maximum absolute atomic E-state index is 11.8. The Morgan fingerprint density at radius 3 is 2.37 bits per heavy atom. The number of nitrogens with one attached hydrogen (secondary N) is 1. The highest BCUT2D eigenvalue weighted by molar-refractivity contribution is 5.77. The first-order chi connectivity index (χ1) is 8.79. The van der Waals surface area contributed by atoms with Crippen LogP contribution in [0.3, 0.4) is 0 Å². The van der Waals surface area contributed by atoms with Crippen LogP contribution >= 0.6 is 0 Å². The van der Waals surface area contributed by atoms with Crippen LogP contribution in [0, 0.1) is 0 Å². The Hall–Kier alpha value is -1.39. The predicted molar refractivity (Wildman–Crippen MR) is 78.8 cm³/mol. The first-order valence-corrected chi connectivity index (χ1v) is 6.56. The van der Waals surface area contributed by atoms with Crippen molar-refractivity contribution in [2.45, 2.75) is 31.8 Å². The van der Waals surface area contributed by atoms with E-state index in [1.54, 1.807) is 0 Å². The monoisotopic (exact) mass is 263 g/mol. The van der Waals surface area contributed by atoms with E-state index in [0.717, 1.165) is 0 Å². The molecule has 0 radical (unpaired) electrons. The smallest absolute Gasteiger partial charge is 0.221 e. The number of nitrogens with two attached hydrogens (primary N) is 1. The maximum atomic E-state index is 11.8. The third-order valence-corrected chi connectivity index (χ3v) is 2.92. The van der Waals surface area contributed by atoms with E-state index >= 15 is 0 Å². The number of hydrogen-bond acceptors (Lipinski definition) is 3. The number of likely N-dealkylation sites (N-methyl/N-ethyl adjacent to an activating group) is 1. The van der Waals surface area contributed by atoms with Crippen LogP contribution in [0.4, 0.5) is 0 Å². The number of carbonyl (C=O) groups is 1. The molecular formula is C15H25N3O. The lowest BCUT2D eigenvalue weighted by atomic mass is 10.0. The van der Waals surface area contributed by atoms with E-state index in [0.29, 0.717) is 13.0 Å². The van der Waals surface area contributed by atoms with Gasteiger partial charge >= 0.3 is 0 Å². The van der Waals surface area contributed by atoms with Gasteiger partial charge < -0.3 is 16.0 Å². The lowest BCUT2D eigenvalue weighted by molar-refractivity contribution is -0.122. The minimum Gasteiger partial charge on any atom is -0.354 e. The van der Waals surface area contributed by atoms with Crippen LogP contribution in [0.2, 0.25) is 0 Å². The molecule has 1 amide bonds. The van der Waals surface area contributed by atoms with Crippen molar-refractivity contribution in [1.29, 1.82) is 0 Å². The fourth-order valence-electron chi connectivity index (χ4n) is 1.96. The quantitative estimate of drug-likeness (QED) is 0.818. The molecule has 1 aromatic carbocycles. The van der Waals surface area contributed by atoms with Crippen LogP contribution in [-0.4, -0.2) is 37.0 Å². The molecule has 0 aromatic heterocycles. The molecule has 0 fully saturated rings. The van der Waals surface area contributed by atoms with Crippen LogP contribution in [-0.2, 0) is 4.79 Å². The molecule has 1 unspecified atom stereocenters. The van der Waals surface area contributed by atoms with Crippen LogP contribution in [0.1, 0.15) is 31.9 Å². The lowest BCUT2D eigenvalue weighted by Gasteiger charge is -2.26. The Kier molecular flexibility index (Phi) is 5.51. The fraction of sp³-hybridized carbons (Fsp3) is 0.533. The van der Waals surface area contributed by atoms with Crippen LogP contribution in [0.25, 0.3) is 0 Å². The molecule has 0 aliphatic rings. The lowest BCUT2D eigenvalue weighted by Crippen LogP contribution is -2.41. The van der Waals surface area contributed by atoms with E-state index in [9.17, 15) is 4.79 Å². The summed E-state index contributed by atoms with van der Waals surface area (Å²) in [5.41, 5.74) is 6.57. The SMILES string of the molecule is CN(C)C(CNC(=O)CC(C)(C)N)c1ccccc1. The molecule has 0 saturated heterocycles. The predicted octanol–water partition coefficient (Wildman–Crippen LogP) is 1.53. The van der Waals surface area contributed by atoms with Gasteiger partial charge in [0.2, 0.25) is 5.91 Å². The van der Waals surface area contributed by atoms with Crippen LogP contribution in [0.15, 0.2) is 30.3 Å². The molecule has 0 heterocycles. The molecule has 0 aliphatic carbocycles. The molecule has 0 aliphatic heterocycles. The average Bonchev–Trinajstić information content (AvgIpc) is 2.27. The van der Waals surface area contributed by atoms with Crippen LogP contribution < -0.4 is 11.1 Å². The molecule has 0 spiro atoms. The van der Waals surface area contributed by atoms with Gasteiger partial charge in [-0.15, -0.1) is 0 Å². The van der Waals surface area contributed by atoms with Gasteiger partial charge in [-0.05, 0) is 33.5 Å². The second kappa shape index (κ2) is 6.68. The zero-order valence-corrected chi connectivity index (χ0v) is 12.3. The van der Waals surface area contributed by atoms with Gasteiger partial charge in [-0.2, -0.15) is 0 Å². The van der Waals surface area contributed by atoms with Gasteiger partial charge in [0.25, 0.3) is 0 Å². The van der Waals surface area contributed by atoms with Crippen molar-refractivity contribution in [3.63, 3.8) is 0 Å². The largest absolute Gasteiger partial charge is 0.354 e. The molecule has 106 valence electrons. The molecule has 0 bridgehead atoms. The minimum absolute atomic E-state index is 0.00437. The van der Waals surface area contributed by atoms with E-state index < -0.39 is 5.54 Å². The molecule has 1 rings (SSSR count). The van der Waals surface area contributed by atoms with Gasteiger partial charge in [0.15, 0.2) is 0 Å². The van der Waals surface area contributed by atoms with Crippen LogP contribution in [0.5, 0.6) is 0 Å². The Balaban J connectivity index is 2.59.